The predicted octanol–water partition coefficient (Wildman–Crippen LogP) is 6.02. The van der Waals surface area contributed by atoms with Crippen molar-refractivity contribution in [2.45, 2.75) is 55.5 Å². The first-order chi connectivity index (χ1) is 20.5. The number of sulfonamides is 1. The summed E-state index contributed by atoms with van der Waals surface area (Å²) >= 11 is 12.2. The van der Waals surface area contributed by atoms with Crippen LogP contribution in [0.5, 0.6) is 0 Å². The Balaban J connectivity index is 1.41. The molecule has 1 fully saturated rings. The minimum atomic E-state index is -3.91. The van der Waals surface area contributed by atoms with Crippen LogP contribution in [0.2, 0.25) is 10.0 Å². The minimum absolute atomic E-state index is 0.0468. The van der Waals surface area contributed by atoms with Crippen LogP contribution in [-0.2, 0) is 21.2 Å². The predicted molar refractivity (Wildman–Crippen MR) is 166 cm³/mol. The molecule has 1 aliphatic rings. The zero-order valence-electron chi connectivity index (χ0n) is 23.3. The quantitative estimate of drug-likeness (QED) is 0.212. The van der Waals surface area contributed by atoms with E-state index < -0.39 is 34.0 Å². The molecule has 0 bridgehead atoms. The lowest BCUT2D eigenvalue weighted by Crippen LogP contribution is -2.44. The largest absolute Gasteiger partial charge is 0.480 e. The number of halogens is 2. The fourth-order valence-electron chi connectivity index (χ4n) is 4.98. The molecule has 0 spiro atoms. The van der Waals surface area contributed by atoms with Gasteiger partial charge in [0.1, 0.15) is 10.9 Å². The molecule has 3 aromatic rings. The topological polar surface area (TPSA) is 145 Å². The second-order valence-corrected chi connectivity index (χ2v) is 13.0. The summed E-state index contributed by atoms with van der Waals surface area (Å²) in [5, 5.41) is 17.8. The van der Waals surface area contributed by atoms with Crippen molar-refractivity contribution in [3.8, 4) is 0 Å². The number of rotatable bonds is 10. The SMILES string of the molecule is CN(C1CCCCC1)S(=O)(=O)c1ccccc1NC(=O)N[C@@H](Cc1ccc(NC(=O)c2c(Cl)cccc2Cl)cc1)C(=O)O. The van der Waals surface area contributed by atoms with E-state index in [4.69, 9.17) is 23.2 Å². The Hall–Kier alpha value is -3.64. The molecular formula is C30H32Cl2N4O6S. The third kappa shape index (κ3) is 8.05. The molecule has 4 rings (SSSR count). The molecule has 0 aromatic heterocycles. The maximum Gasteiger partial charge on any atom is 0.326 e. The van der Waals surface area contributed by atoms with Crippen LogP contribution in [0, 0.1) is 0 Å². The molecule has 0 heterocycles. The first kappa shape index (κ1) is 32.3. The fraction of sp³-hybridized carbons (Fsp3) is 0.300. The Bertz CT molecular complexity index is 1570. The number of nitrogens with zero attached hydrogens (tertiary/aromatic N) is 1. The Labute approximate surface area is 260 Å². The second-order valence-electron chi connectivity index (χ2n) is 10.3. The van der Waals surface area contributed by atoms with Gasteiger partial charge in [-0.15, -0.1) is 0 Å². The highest BCUT2D eigenvalue weighted by atomic mass is 35.5. The van der Waals surface area contributed by atoms with Crippen molar-refractivity contribution in [3.63, 3.8) is 0 Å². The van der Waals surface area contributed by atoms with Crippen LogP contribution in [0.15, 0.2) is 71.6 Å². The molecule has 228 valence electrons. The number of carboxylic acid groups (broad SMARTS) is 1. The Kier molecular flexibility index (Phi) is 10.7. The summed E-state index contributed by atoms with van der Waals surface area (Å²) in [4.78, 5) is 37.4. The number of benzene rings is 3. The molecule has 3 amide bonds. The van der Waals surface area contributed by atoms with Gasteiger partial charge in [-0.05, 0) is 54.8 Å². The summed E-state index contributed by atoms with van der Waals surface area (Å²) in [5.74, 6) is -1.78. The van der Waals surface area contributed by atoms with Crippen LogP contribution in [0.25, 0.3) is 0 Å². The number of carboxylic acids is 1. The van der Waals surface area contributed by atoms with E-state index in [0.29, 0.717) is 11.3 Å². The van der Waals surface area contributed by atoms with Gasteiger partial charge in [0.05, 0.1) is 21.3 Å². The number of hydrogen-bond donors (Lipinski definition) is 4. The molecule has 3 aromatic carbocycles. The van der Waals surface area contributed by atoms with Crippen LogP contribution in [-0.4, -0.2) is 54.9 Å². The molecule has 1 atom stereocenters. The molecule has 0 aliphatic heterocycles. The van der Waals surface area contributed by atoms with Crippen molar-refractivity contribution in [1.82, 2.24) is 9.62 Å². The number of aliphatic carboxylic acids is 1. The highest BCUT2D eigenvalue weighted by Gasteiger charge is 2.31. The van der Waals surface area contributed by atoms with Crippen LogP contribution in [0.4, 0.5) is 16.2 Å². The van der Waals surface area contributed by atoms with Crippen LogP contribution in [0.3, 0.4) is 0 Å². The number of nitrogens with one attached hydrogen (secondary N) is 3. The molecule has 4 N–H and O–H groups in total. The number of para-hydroxylation sites is 1. The van der Waals surface area contributed by atoms with Crippen LogP contribution < -0.4 is 16.0 Å². The zero-order chi connectivity index (χ0) is 31.1. The van der Waals surface area contributed by atoms with Crippen molar-refractivity contribution in [1.29, 1.82) is 0 Å². The molecule has 0 radical (unpaired) electrons. The Morgan fingerprint density at radius 3 is 2.16 bits per heavy atom. The molecule has 43 heavy (non-hydrogen) atoms. The zero-order valence-corrected chi connectivity index (χ0v) is 25.7. The van der Waals surface area contributed by atoms with E-state index in [1.807, 2.05) is 0 Å². The number of hydrogen-bond acceptors (Lipinski definition) is 5. The van der Waals surface area contributed by atoms with Crippen LogP contribution in [0.1, 0.15) is 48.0 Å². The van der Waals surface area contributed by atoms with Gasteiger partial charge in [-0.25, -0.2) is 18.0 Å². The van der Waals surface area contributed by atoms with E-state index in [2.05, 4.69) is 16.0 Å². The van der Waals surface area contributed by atoms with E-state index in [1.165, 1.54) is 16.4 Å². The van der Waals surface area contributed by atoms with Crippen molar-refractivity contribution in [2.24, 2.45) is 0 Å². The smallest absolute Gasteiger partial charge is 0.326 e. The monoisotopic (exact) mass is 646 g/mol. The number of carbonyl (C=O) groups excluding carboxylic acids is 2. The van der Waals surface area contributed by atoms with Gasteiger partial charge >= 0.3 is 12.0 Å². The first-order valence-corrected chi connectivity index (χ1v) is 15.9. The number of carbonyl (C=O) groups is 3. The van der Waals surface area contributed by atoms with Gasteiger partial charge in [-0.1, -0.05) is 72.8 Å². The molecule has 13 heteroatoms. The van der Waals surface area contributed by atoms with E-state index in [9.17, 15) is 27.9 Å². The van der Waals surface area contributed by atoms with Crippen molar-refractivity contribution < 1.29 is 27.9 Å². The van der Waals surface area contributed by atoms with Gasteiger partial charge in [-0.2, -0.15) is 4.31 Å². The Morgan fingerprint density at radius 1 is 0.907 bits per heavy atom. The average molecular weight is 648 g/mol. The molecule has 1 aliphatic carbocycles. The summed E-state index contributed by atoms with van der Waals surface area (Å²) < 4.78 is 28.2. The Morgan fingerprint density at radius 2 is 1.53 bits per heavy atom. The molecule has 0 saturated heterocycles. The van der Waals surface area contributed by atoms with Gasteiger partial charge in [0.2, 0.25) is 10.0 Å². The minimum Gasteiger partial charge on any atom is -0.480 e. The fourth-order valence-corrected chi connectivity index (χ4v) is 7.11. The van der Waals surface area contributed by atoms with E-state index in [0.717, 1.165) is 32.1 Å². The van der Waals surface area contributed by atoms with Gasteiger partial charge in [0, 0.05) is 25.2 Å². The average Bonchev–Trinajstić information content (AvgIpc) is 2.98. The summed E-state index contributed by atoms with van der Waals surface area (Å²) in [6.07, 6.45) is 4.46. The number of urea groups is 1. The summed E-state index contributed by atoms with van der Waals surface area (Å²) in [5.41, 5.74) is 1.17. The van der Waals surface area contributed by atoms with Crippen LogP contribution >= 0.6 is 23.2 Å². The van der Waals surface area contributed by atoms with Crippen molar-refractivity contribution in [3.05, 3.63) is 87.9 Å². The second kappa shape index (κ2) is 14.2. The maximum absolute atomic E-state index is 13.4. The van der Waals surface area contributed by atoms with E-state index in [-0.39, 0.29) is 38.7 Å². The lowest BCUT2D eigenvalue weighted by atomic mass is 9.96. The number of anilines is 2. The normalized spacial score (nSPS) is 14.6. The van der Waals surface area contributed by atoms with Crippen molar-refractivity contribution >= 4 is 62.5 Å². The first-order valence-electron chi connectivity index (χ1n) is 13.7. The highest BCUT2D eigenvalue weighted by Crippen LogP contribution is 2.30. The molecule has 0 unspecified atom stereocenters. The van der Waals surface area contributed by atoms with Gasteiger partial charge < -0.3 is 21.1 Å². The lowest BCUT2D eigenvalue weighted by molar-refractivity contribution is -0.139. The summed E-state index contributed by atoms with van der Waals surface area (Å²) in [6, 6.07) is 14.8. The van der Waals surface area contributed by atoms with Gasteiger partial charge in [-0.3, -0.25) is 4.79 Å². The molecular weight excluding hydrogens is 615 g/mol. The van der Waals surface area contributed by atoms with E-state index in [1.54, 1.807) is 61.6 Å². The summed E-state index contributed by atoms with van der Waals surface area (Å²) in [6.45, 7) is 0. The standard InChI is InChI=1S/C30H32Cl2N4O6S/c1-36(21-8-3-2-4-9-21)43(41,42)26-13-6-5-12-24(26)34-30(40)35-25(29(38)39)18-19-14-16-20(17-15-19)33-28(37)27-22(31)10-7-11-23(27)32/h5-7,10-17,21,25H,2-4,8-9,18H2,1H3,(H,33,37)(H,38,39)(H2,34,35,40)/t25-/m0/s1. The molecule has 1 saturated carbocycles. The van der Waals surface area contributed by atoms with E-state index >= 15 is 0 Å². The van der Waals surface area contributed by atoms with Gasteiger partial charge in [0.25, 0.3) is 5.91 Å². The molecule has 10 nitrogen and oxygen atoms in total. The van der Waals surface area contributed by atoms with Crippen molar-refractivity contribution in [2.75, 3.05) is 17.7 Å². The van der Waals surface area contributed by atoms with Gasteiger partial charge in [0.15, 0.2) is 0 Å². The lowest BCUT2D eigenvalue weighted by Gasteiger charge is -2.31. The third-order valence-corrected chi connectivity index (χ3v) is 9.92. The third-order valence-electron chi connectivity index (χ3n) is 7.33. The highest BCUT2D eigenvalue weighted by molar-refractivity contribution is 7.89. The summed E-state index contributed by atoms with van der Waals surface area (Å²) in [7, 11) is -2.37. The number of amides is 3. The maximum atomic E-state index is 13.4.